The van der Waals surface area contributed by atoms with Gasteiger partial charge in [-0.1, -0.05) is 6.92 Å². The Hall–Kier alpha value is -1.67. The number of nitro groups is 1. The van der Waals surface area contributed by atoms with E-state index < -0.39 is 14.9 Å². The monoisotopic (exact) mass is 302 g/mol. The smallest absolute Gasteiger partial charge is 0.273 e. The maximum Gasteiger partial charge on any atom is 0.273 e. The Kier molecular flexibility index (Phi) is 5.46. The number of hydrogen-bond acceptors (Lipinski definition) is 5. The molecule has 8 heteroatoms. The molecule has 1 aromatic carbocycles. The summed E-state index contributed by atoms with van der Waals surface area (Å²) in [4.78, 5) is 10.2. The van der Waals surface area contributed by atoms with Gasteiger partial charge < -0.3 is 4.74 Å². The summed E-state index contributed by atoms with van der Waals surface area (Å²) in [7, 11) is -3.56. The molecule has 2 N–H and O–H groups in total. The van der Waals surface area contributed by atoms with Crippen LogP contribution in [0.4, 0.5) is 5.69 Å². The Bertz CT molecular complexity index is 586. The number of benzene rings is 1. The van der Waals surface area contributed by atoms with Crippen LogP contribution in [0.3, 0.4) is 0 Å². The van der Waals surface area contributed by atoms with Crippen molar-refractivity contribution in [3.05, 3.63) is 33.9 Å². The standard InChI is InChI=1S/C12H18N2O5S/c1-3-10(8-20(13,17)18)7-19-12-6-11(14(15)16)5-4-9(12)2/h4-6,10H,3,7-8H2,1-2H3,(H2,13,17,18). The molecule has 112 valence electrons. The minimum atomic E-state index is -3.56. The maximum absolute atomic E-state index is 11.1. The van der Waals surface area contributed by atoms with E-state index in [1.807, 2.05) is 6.92 Å². The van der Waals surface area contributed by atoms with Gasteiger partial charge in [0.15, 0.2) is 0 Å². The molecule has 1 unspecified atom stereocenters. The van der Waals surface area contributed by atoms with Gasteiger partial charge in [0.1, 0.15) is 5.75 Å². The lowest BCUT2D eigenvalue weighted by Gasteiger charge is -2.15. The highest BCUT2D eigenvalue weighted by Crippen LogP contribution is 2.24. The number of nitro benzene ring substituents is 1. The summed E-state index contributed by atoms with van der Waals surface area (Å²) in [6.45, 7) is 3.74. The van der Waals surface area contributed by atoms with Crippen molar-refractivity contribution in [3.8, 4) is 5.75 Å². The van der Waals surface area contributed by atoms with Crippen LogP contribution in [0.25, 0.3) is 0 Å². The fraction of sp³-hybridized carbons (Fsp3) is 0.500. The Morgan fingerprint density at radius 2 is 2.10 bits per heavy atom. The van der Waals surface area contributed by atoms with Crippen molar-refractivity contribution in [2.24, 2.45) is 11.1 Å². The summed E-state index contributed by atoms with van der Waals surface area (Å²) in [6.07, 6.45) is 0.588. The lowest BCUT2D eigenvalue weighted by atomic mass is 10.1. The van der Waals surface area contributed by atoms with E-state index in [1.165, 1.54) is 12.1 Å². The lowest BCUT2D eigenvalue weighted by molar-refractivity contribution is -0.385. The molecule has 0 saturated heterocycles. The molecular weight excluding hydrogens is 284 g/mol. The Balaban J connectivity index is 2.77. The van der Waals surface area contributed by atoms with Crippen molar-refractivity contribution < 1.29 is 18.1 Å². The quantitative estimate of drug-likeness (QED) is 0.607. The average Bonchev–Trinajstić information content (AvgIpc) is 2.34. The molecule has 0 bridgehead atoms. The second-order valence-corrected chi connectivity index (χ2v) is 6.28. The Morgan fingerprint density at radius 1 is 1.45 bits per heavy atom. The van der Waals surface area contributed by atoms with Crippen molar-refractivity contribution in [1.29, 1.82) is 0 Å². The van der Waals surface area contributed by atoms with E-state index in [1.54, 1.807) is 13.0 Å². The summed E-state index contributed by atoms with van der Waals surface area (Å²) in [5.74, 6) is -0.0342. The van der Waals surface area contributed by atoms with Crippen LogP contribution in [0, 0.1) is 23.0 Å². The highest BCUT2D eigenvalue weighted by atomic mass is 32.2. The zero-order chi connectivity index (χ0) is 15.3. The van der Waals surface area contributed by atoms with Gasteiger partial charge in [0.2, 0.25) is 10.0 Å². The summed E-state index contributed by atoms with van der Waals surface area (Å²) in [5.41, 5.74) is 0.686. The van der Waals surface area contributed by atoms with Crippen LogP contribution >= 0.6 is 0 Å². The third kappa shape index (κ3) is 5.14. The van der Waals surface area contributed by atoms with Gasteiger partial charge in [0, 0.05) is 12.0 Å². The Morgan fingerprint density at radius 3 is 2.60 bits per heavy atom. The van der Waals surface area contributed by atoms with E-state index in [2.05, 4.69) is 0 Å². The largest absolute Gasteiger partial charge is 0.493 e. The molecule has 0 aliphatic heterocycles. The molecule has 0 radical (unpaired) electrons. The highest BCUT2D eigenvalue weighted by molar-refractivity contribution is 7.89. The third-order valence-electron chi connectivity index (χ3n) is 2.90. The number of primary sulfonamides is 1. The molecular formula is C12H18N2O5S. The number of aryl methyl sites for hydroxylation is 1. The fourth-order valence-electron chi connectivity index (χ4n) is 1.68. The highest BCUT2D eigenvalue weighted by Gasteiger charge is 2.16. The first kappa shape index (κ1) is 16.4. The van der Waals surface area contributed by atoms with Crippen LogP contribution < -0.4 is 9.88 Å². The molecule has 0 saturated carbocycles. The van der Waals surface area contributed by atoms with Gasteiger partial charge in [-0.3, -0.25) is 10.1 Å². The second-order valence-electron chi connectivity index (χ2n) is 4.62. The predicted molar refractivity (Wildman–Crippen MR) is 75.1 cm³/mol. The van der Waals surface area contributed by atoms with Crippen molar-refractivity contribution in [2.75, 3.05) is 12.4 Å². The number of hydrogen-bond donors (Lipinski definition) is 1. The molecule has 0 aliphatic rings. The molecule has 0 aromatic heterocycles. The predicted octanol–water partition coefficient (Wildman–Crippen LogP) is 1.60. The summed E-state index contributed by atoms with van der Waals surface area (Å²) in [6, 6.07) is 4.32. The number of sulfonamides is 1. The van der Waals surface area contributed by atoms with E-state index >= 15 is 0 Å². The molecule has 20 heavy (non-hydrogen) atoms. The van der Waals surface area contributed by atoms with E-state index in [9.17, 15) is 18.5 Å². The first-order valence-corrected chi connectivity index (χ1v) is 7.82. The molecule has 1 atom stereocenters. The summed E-state index contributed by atoms with van der Waals surface area (Å²) in [5, 5.41) is 15.7. The summed E-state index contributed by atoms with van der Waals surface area (Å²) >= 11 is 0. The van der Waals surface area contributed by atoms with E-state index in [0.717, 1.165) is 5.56 Å². The van der Waals surface area contributed by atoms with E-state index in [-0.39, 0.29) is 24.0 Å². The van der Waals surface area contributed by atoms with Crippen LogP contribution in [-0.4, -0.2) is 25.7 Å². The topological polar surface area (TPSA) is 113 Å². The molecule has 0 aliphatic carbocycles. The first-order valence-electron chi connectivity index (χ1n) is 6.11. The number of ether oxygens (including phenoxy) is 1. The fourth-order valence-corrected chi connectivity index (χ4v) is 2.67. The molecule has 1 aromatic rings. The van der Waals surface area contributed by atoms with Crippen LogP contribution in [0.5, 0.6) is 5.75 Å². The van der Waals surface area contributed by atoms with E-state index in [4.69, 9.17) is 9.88 Å². The molecule has 0 spiro atoms. The first-order chi connectivity index (χ1) is 9.23. The Labute approximate surface area is 117 Å². The molecule has 0 heterocycles. The van der Waals surface area contributed by atoms with Gasteiger partial charge in [-0.25, -0.2) is 13.6 Å². The number of nitrogens with zero attached hydrogens (tertiary/aromatic N) is 1. The van der Waals surface area contributed by atoms with Crippen LogP contribution in [0.1, 0.15) is 18.9 Å². The summed E-state index contributed by atoms with van der Waals surface area (Å²) < 4.78 is 27.6. The third-order valence-corrected chi connectivity index (χ3v) is 3.84. The van der Waals surface area contributed by atoms with Crippen molar-refractivity contribution in [2.45, 2.75) is 20.3 Å². The maximum atomic E-state index is 11.1. The zero-order valence-electron chi connectivity index (χ0n) is 11.4. The van der Waals surface area contributed by atoms with Gasteiger partial charge in [-0.05, 0) is 25.0 Å². The second kappa shape index (κ2) is 6.67. The van der Waals surface area contributed by atoms with Gasteiger partial charge in [-0.2, -0.15) is 0 Å². The SMILES string of the molecule is CCC(COc1cc([N+](=O)[O-])ccc1C)CS(N)(=O)=O. The van der Waals surface area contributed by atoms with Crippen LogP contribution in [0.2, 0.25) is 0 Å². The van der Waals surface area contributed by atoms with Crippen LogP contribution in [-0.2, 0) is 10.0 Å². The van der Waals surface area contributed by atoms with Crippen molar-refractivity contribution in [1.82, 2.24) is 0 Å². The molecule has 0 fully saturated rings. The van der Waals surface area contributed by atoms with Crippen molar-refractivity contribution >= 4 is 15.7 Å². The van der Waals surface area contributed by atoms with Crippen LogP contribution in [0.15, 0.2) is 18.2 Å². The number of non-ortho nitro benzene ring substituents is 1. The average molecular weight is 302 g/mol. The van der Waals surface area contributed by atoms with Gasteiger partial charge >= 0.3 is 0 Å². The molecule has 7 nitrogen and oxygen atoms in total. The minimum absolute atomic E-state index is 0.0647. The van der Waals surface area contributed by atoms with Gasteiger partial charge in [0.25, 0.3) is 5.69 Å². The number of nitrogens with two attached hydrogens (primary N) is 1. The molecule has 0 amide bonds. The molecule has 1 rings (SSSR count). The van der Waals surface area contributed by atoms with Crippen molar-refractivity contribution in [3.63, 3.8) is 0 Å². The lowest BCUT2D eigenvalue weighted by Crippen LogP contribution is -2.26. The minimum Gasteiger partial charge on any atom is -0.493 e. The zero-order valence-corrected chi connectivity index (χ0v) is 12.2. The normalized spacial score (nSPS) is 12.9. The number of rotatable bonds is 7. The van der Waals surface area contributed by atoms with E-state index in [0.29, 0.717) is 12.2 Å². The van der Waals surface area contributed by atoms with Gasteiger partial charge in [-0.15, -0.1) is 0 Å². The van der Waals surface area contributed by atoms with Gasteiger partial charge in [0.05, 0.1) is 23.3 Å².